The van der Waals surface area contributed by atoms with Gasteiger partial charge < -0.3 is 5.11 Å². The molecule has 1 amide bonds. The Morgan fingerprint density at radius 3 is 2.45 bits per heavy atom. The first-order valence-electron chi connectivity index (χ1n) is 6.81. The van der Waals surface area contributed by atoms with Crippen LogP contribution in [-0.4, -0.2) is 16.7 Å². The van der Waals surface area contributed by atoms with Gasteiger partial charge in [-0.1, -0.05) is 24.3 Å². The Balaban J connectivity index is 1.87. The molecule has 2 N–H and O–H groups in total. The van der Waals surface area contributed by atoms with Gasteiger partial charge in [0, 0.05) is 5.71 Å². The number of carbonyl (C=O) groups excluding carboxylic acids is 1. The normalized spacial score (nSPS) is 14.5. The summed E-state index contributed by atoms with van der Waals surface area (Å²) < 4.78 is 0. The van der Waals surface area contributed by atoms with Crippen LogP contribution in [0.3, 0.4) is 0 Å². The first-order valence-corrected chi connectivity index (χ1v) is 6.81. The largest absolute Gasteiger partial charge is 0.507 e. The maximum absolute atomic E-state index is 12.1. The lowest BCUT2D eigenvalue weighted by molar-refractivity contribution is 0.0952. The van der Waals surface area contributed by atoms with Crippen LogP contribution in [0.15, 0.2) is 41.5 Å². The number of phenols is 1. The van der Waals surface area contributed by atoms with Crippen LogP contribution in [0.25, 0.3) is 10.8 Å². The van der Waals surface area contributed by atoms with E-state index in [0.29, 0.717) is 0 Å². The highest BCUT2D eigenvalue weighted by Crippen LogP contribution is 2.25. The molecule has 0 heterocycles. The molecule has 102 valence electrons. The Morgan fingerprint density at radius 1 is 1.10 bits per heavy atom. The lowest BCUT2D eigenvalue weighted by Gasteiger charge is -2.06. The van der Waals surface area contributed by atoms with E-state index in [0.717, 1.165) is 42.2 Å². The zero-order valence-electron chi connectivity index (χ0n) is 11.1. The Morgan fingerprint density at radius 2 is 1.75 bits per heavy atom. The van der Waals surface area contributed by atoms with Crippen molar-refractivity contribution < 1.29 is 9.90 Å². The quantitative estimate of drug-likeness (QED) is 0.821. The first-order chi connectivity index (χ1) is 9.74. The average Bonchev–Trinajstić information content (AvgIpc) is 2.97. The van der Waals surface area contributed by atoms with E-state index in [2.05, 4.69) is 10.5 Å². The van der Waals surface area contributed by atoms with E-state index < -0.39 is 0 Å². The maximum atomic E-state index is 12.1. The topological polar surface area (TPSA) is 61.7 Å². The molecule has 20 heavy (non-hydrogen) atoms. The Hall–Kier alpha value is -2.36. The van der Waals surface area contributed by atoms with Crippen LogP contribution in [-0.2, 0) is 0 Å². The lowest BCUT2D eigenvalue weighted by atomic mass is 10.1. The highest BCUT2D eigenvalue weighted by atomic mass is 16.3. The minimum absolute atomic E-state index is 0.0205. The van der Waals surface area contributed by atoms with Crippen molar-refractivity contribution in [2.45, 2.75) is 25.7 Å². The Kier molecular flexibility index (Phi) is 3.37. The monoisotopic (exact) mass is 268 g/mol. The minimum Gasteiger partial charge on any atom is -0.507 e. The molecule has 1 fully saturated rings. The van der Waals surface area contributed by atoms with Gasteiger partial charge in [-0.25, -0.2) is 5.43 Å². The number of phenolic OH excluding ortho intramolecular Hbond substituents is 1. The smallest absolute Gasteiger partial charge is 0.275 e. The number of rotatable bonds is 2. The van der Waals surface area contributed by atoms with Crippen LogP contribution < -0.4 is 5.43 Å². The molecule has 1 saturated carbocycles. The number of aromatic hydroxyl groups is 1. The number of nitrogens with one attached hydrogen (secondary N) is 1. The molecular weight excluding hydrogens is 252 g/mol. The van der Waals surface area contributed by atoms with E-state index in [4.69, 9.17) is 0 Å². The lowest BCUT2D eigenvalue weighted by Crippen LogP contribution is -2.19. The number of nitrogens with zero attached hydrogens (tertiary/aromatic N) is 1. The summed E-state index contributed by atoms with van der Waals surface area (Å²) in [6.07, 6.45) is 4.17. The number of benzene rings is 2. The van der Waals surface area contributed by atoms with E-state index in [1.807, 2.05) is 24.3 Å². The summed E-state index contributed by atoms with van der Waals surface area (Å²) >= 11 is 0. The second-order valence-electron chi connectivity index (χ2n) is 5.04. The van der Waals surface area contributed by atoms with E-state index in [-0.39, 0.29) is 17.2 Å². The predicted molar refractivity (Wildman–Crippen MR) is 79.0 cm³/mol. The van der Waals surface area contributed by atoms with E-state index in [9.17, 15) is 9.90 Å². The maximum Gasteiger partial charge on any atom is 0.275 e. The predicted octanol–water partition coefficient (Wildman–Crippen LogP) is 3.21. The Labute approximate surface area is 117 Å². The van der Waals surface area contributed by atoms with Gasteiger partial charge in [-0.15, -0.1) is 0 Å². The highest BCUT2D eigenvalue weighted by molar-refractivity contribution is 6.02. The van der Waals surface area contributed by atoms with Gasteiger partial charge in [0.05, 0.1) is 5.56 Å². The molecule has 2 aromatic carbocycles. The minimum atomic E-state index is -0.368. The molecule has 4 heteroatoms. The van der Waals surface area contributed by atoms with Gasteiger partial charge in [-0.05, 0) is 48.6 Å². The van der Waals surface area contributed by atoms with Gasteiger partial charge in [0.25, 0.3) is 5.91 Å². The molecule has 0 unspecified atom stereocenters. The molecule has 3 rings (SSSR count). The number of carbonyl (C=O) groups is 1. The third kappa shape index (κ3) is 2.50. The SMILES string of the molecule is O=C(NN=C1CCCC1)c1cc2ccccc2cc1O. The molecule has 2 aromatic rings. The van der Waals surface area contributed by atoms with Gasteiger partial charge in [0.15, 0.2) is 0 Å². The van der Waals surface area contributed by atoms with Crippen molar-refractivity contribution in [3.63, 3.8) is 0 Å². The zero-order valence-corrected chi connectivity index (χ0v) is 11.1. The van der Waals surface area contributed by atoms with Gasteiger partial charge >= 0.3 is 0 Å². The van der Waals surface area contributed by atoms with Crippen LogP contribution in [0.5, 0.6) is 5.75 Å². The average molecular weight is 268 g/mol. The number of fused-ring (bicyclic) bond motifs is 1. The number of hydrogen-bond acceptors (Lipinski definition) is 3. The summed E-state index contributed by atoms with van der Waals surface area (Å²) in [6.45, 7) is 0. The van der Waals surface area contributed by atoms with Gasteiger partial charge in [-0.3, -0.25) is 4.79 Å². The third-order valence-corrected chi connectivity index (χ3v) is 3.60. The third-order valence-electron chi connectivity index (χ3n) is 3.60. The molecule has 0 atom stereocenters. The van der Waals surface area contributed by atoms with Crippen molar-refractivity contribution in [3.05, 3.63) is 42.0 Å². The van der Waals surface area contributed by atoms with Crippen LogP contribution in [0.1, 0.15) is 36.0 Å². The van der Waals surface area contributed by atoms with Crippen molar-refractivity contribution in [1.82, 2.24) is 5.43 Å². The van der Waals surface area contributed by atoms with Gasteiger partial charge in [0.2, 0.25) is 0 Å². The van der Waals surface area contributed by atoms with Crippen LogP contribution in [0, 0.1) is 0 Å². The molecule has 0 spiro atoms. The molecule has 0 saturated heterocycles. The van der Waals surface area contributed by atoms with Crippen molar-refractivity contribution in [2.24, 2.45) is 5.10 Å². The molecule has 0 bridgehead atoms. The standard InChI is InChI=1S/C16H16N2O2/c19-15-10-12-6-2-1-5-11(12)9-14(15)16(20)18-17-13-7-3-4-8-13/h1-2,5-6,9-10,19H,3-4,7-8H2,(H,18,20). The van der Waals surface area contributed by atoms with Crippen molar-refractivity contribution >= 4 is 22.4 Å². The van der Waals surface area contributed by atoms with Crippen molar-refractivity contribution in [2.75, 3.05) is 0 Å². The molecule has 1 aliphatic carbocycles. The summed E-state index contributed by atoms with van der Waals surface area (Å²) in [7, 11) is 0. The van der Waals surface area contributed by atoms with Crippen molar-refractivity contribution in [1.29, 1.82) is 0 Å². The summed E-state index contributed by atoms with van der Waals surface area (Å²) in [4.78, 5) is 12.1. The molecule has 4 nitrogen and oxygen atoms in total. The highest BCUT2D eigenvalue weighted by Gasteiger charge is 2.13. The van der Waals surface area contributed by atoms with Gasteiger partial charge in [-0.2, -0.15) is 5.10 Å². The van der Waals surface area contributed by atoms with E-state index in [1.54, 1.807) is 12.1 Å². The van der Waals surface area contributed by atoms with E-state index >= 15 is 0 Å². The fourth-order valence-electron chi connectivity index (χ4n) is 2.50. The fraction of sp³-hybridized carbons (Fsp3) is 0.250. The number of amides is 1. The summed E-state index contributed by atoms with van der Waals surface area (Å²) in [5.41, 5.74) is 3.82. The van der Waals surface area contributed by atoms with Crippen LogP contribution in [0.2, 0.25) is 0 Å². The van der Waals surface area contributed by atoms with Crippen molar-refractivity contribution in [3.8, 4) is 5.75 Å². The first kappa shape index (κ1) is 12.7. The van der Waals surface area contributed by atoms with Crippen LogP contribution >= 0.6 is 0 Å². The second-order valence-corrected chi connectivity index (χ2v) is 5.04. The molecule has 1 aliphatic rings. The summed E-state index contributed by atoms with van der Waals surface area (Å²) in [6, 6.07) is 10.9. The Bertz CT molecular complexity index is 684. The van der Waals surface area contributed by atoms with E-state index in [1.165, 1.54) is 0 Å². The van der Waals surface area contributed by atoms with Gasteiger partial charge in [0.1, 0.15) is 5.75 Å². The number of hydrogen-bond donors (Lipinski definition) is 2. The summed E-state index contributed by atoms with van der Waals surface area (Å²) in [5.74, 6) is -0.388. The fourth-order valence-corrected chi connectivity index (χ4v) is 2.50. The molecule has 0 aliphatic heterocycles. The molecule has 0 aromatic heterocycles. The second kappa shape index (κ2) is 5.33. The zero-order chi connectivity index (χ0) is 13.9. The number of hydrazone groups is 1. The summed E-state index contributed by atoms with van der Waals surface area (Å²) in [5, 5.41) is 15.9. The molecular formula is C16H16N2O2. The molecule has 0 radical (unpaired) electrons. The van der Waals surface area contributed by atoms with Crippen LogP contribution in [0.4, 0.5) is 0 Å².